The van der Waals surface area contributed by atoms with E-state index in [1.165, 1.54) is 36.2 Å². The zero-order valence-corrected chi connectivity index (χ0v) is 22.2. The van der Waals surface area contributed by atoms with Gasteiger partial charge in [0.15, 0.2) is 0 Å². The Labute approximate surface area is 205 Å². The molecule has 32 heavy (non-hydrogen) atoms. The predicted octanol–water partition coefficient (Wildman–Crippen LogP) is 6.85. The van der Waals surface area contributed by atoms with E-state index >= 15 is 0 Å². The Morgan fingerprint density at radius 3 is 2.59 bits per heavy atom. The van der Waals surface area contributed by atoms with Gasteiger partial charge in [-0.3, -0.25) is 9.79 Å². The lowest BCUT2D eigenvalue weighted by Gasteiger charge is -2.29. The summed E-state index contributed by atoms with van der Waals surface area (Å²) in [5.41, 5.74) is 3.40. The summed E-state index contributed by atoms with van der Waals surface area (Å²) in [5.74, 6) is 0. The minimum absolute atomic E-state index is 0.642. The molecule has 0 aromatic carbocycles. The molecule has 1 aliphatic heterocycles. The molecule has 1 heterocycles. The van der Waals surface area contributed by atoms with Crippen LogP contribution in [0.25, 0.3) is 0 Å². The van der Waals surface area contributed by atoms with Gasteiger partial charge in [-0.25, -0.2) is 0 Å². The molecule has 0 radical (unpaired) electrons. The zero-order valence-electron chi connectivity index (χ0n) is 20.6. The van der Waals surface area contributed by atoms with E-state index in [1.54, 1.807) is 11.8 Å². The van der Waals surface area contributed by atoms with Gasteiger partial charge in [-0.2, -0.15) is 0 Å². The third-order valence-electron chi connectivity index (χ3n) is 5.86. The van der Waals surface area contributed by atoms with Crippen LogP contribution < -0.4 is 5.32 Å². The van der Waals surface area contributed by atoms with Gasteiger partial charge in [0.25, 0.3) is 0 Å². The normalized spacial score (nSPS) is 18.2. The minimum atomic E-state index is 0.642. The number of halogens is 1. The molecule has 0 aromatic heterocycles. The van der Waals surface area contributed by atoms with Crippen molar-refractivity contribution in [1.29, 1.82) is 0 Å². The number of amides is 1. The first-order valence-corrected chi connectivity index (χ1v) is 13.4. The highest BCUT2D eigenvalue weighted by Crippen LogP contribution is 2.20. The average molecular weight is 480 g/mol. The second-order valence-corrected chi connectivity index (χ2v) is 9.87. The van der Waals surface area contributed by atoms with Crippen molar-refractivity contribution >= 4 is 36.0 Å². The van der Waals surface area contributed by atoms with Crippen molar-refractivity contribution in [3.63, 3.8) is 0 Å². The number of unbranched alkanes of at least 4 members (excludes halogenated alkanes) is 3. The van der Waals surface area contributed by atoms with Crippen LogP contribution in [0.5, 0.6) is 0 Å². The summed E-state index contributed by atoms with van der Waals surface area (Å²) < 4.78 is 0. The van der Waals surface area contributed by atoms with Gasteiger partial charge >= 0.3 is 0 Å². The zero-order chi connectivity index (χ0) is 23.8. The second-order valence-electron chi connectivity index (χ2n) is 8.36. The van der Waals surface area contributed by atoms with E-state index in [4.69, 9.17) is 11.6 Å². The quantitative estimate of drug-likeness (QED) is 0.212. The monoisotopic (exact) mass is 479 g/mol. The average Bonchev–Trinajstić information content (AvgIpc) is 2.98. The molecule has 0 saturated carbocycles. The highest BCUT2D eigenvalue weighted by Gasteiger charge is 2.16. The largest absolute Gasteiger partial charge is 0.345 e. The molecule has 0 bridgehead atoms. The van der Waals surface area contributed by atoms with Crippen molar-refractivity contribution in [2.45, 2.75) is 78.7 Å². The molecule has 0 atom stereocenters. The lowest BCUT2D eigenvalue weighted by molar-refractivity contribution is -0.119. The maximum atomic E-state index is 10.5. The molecule has 0 spiro atoms. The first-order chi connectivity index (χ1) is 15.4. The Hall–Kier alpha value is -1.30. The maximum Gasteiger partial charge on any atom is 0.209 e. The van der Waals surface area contributed by atoms with Crippen molar-refractivity contribution in [2.75, 3.05) is 25.9 Å². The molecule has 6 heteroatoms. The van der Waals surface area contributed by atoms with Crippen molar-refractivity contribution in [1.82, 2.24) is 10.2 Å². The summed E-state index contributed by atoms with van der Waals surface area (Å²) in [7, 11) is 0. The first kappa shape index (κ1) is 28.7. The van der Waals surface area contributed by atoms with Crippen LogP contribution in [0, 0.1) is 0 Å². The van der Waals surface area contributed by atoms with Crippen LogP contribution in [0.2, 0.25) is 0 Å². The van der Waals surface area contributed by atoms with E-state index in [-0.39, 0.29) is 0 Å². The summed E-state index contributed by atoms with van der Waals surface area (Å²) in [6.45, 7) is 11.4. The van der Waals surface area contributed by atoms with Crippen LogP contribution in [-0.2, 0) is 4.79 Å². The molecule has 1 amide bonds. The van der Waals surface area contributed by atoms with Gasteiger partial charge in [0.1, 0.15) is 0 Å². The number of hydrogen-bond acceptors (Lipinski definition) is 4. The predicted molar refractivity (Wildman–Crippen MR) is 144 cm³/mol. The summed E-state index contributed by atoms with van der Waals surface area (Å²) >= 11 is 7.73. The Morgan fingerprint density at radius 2 is 1.97 bits per heavy atom. The maximum absolute atomic E-state index is 10.5. The second kappa shape index (κ2) is 17.2. The Balaban J connectivity index is 0.000000323. The summed E-state index contributed by atoms with van der Waals surface area (Å²) in [5, 5.41) is 4.44. The molecular formula is C26H42ClN3OS. The number of aliphatic imine (C=N–C) groups is 1. The number of piperidine rings is 1. The summed E-state index contributed by atoms with van der Waals surface area (Å²) in [6, 6.07) is 0.642. The van der Waals surface area contributed by atoms with Crippen LogP contribution in [0.3, 0.4) is 0 Å². The first-order valence-electron chi connectivity index (χ1n) is 11.8. The van der Waals surface area contributed by atoms with Gasteiger partial charge in [0.05, 0.1) is 0 Å². The SMILES string of the molecule is CCCCCCNC1CCN(C=O)CC1.CS/C(C)=C(/C)N=CC1=CC=C(Cl)CC=C1C. The number of allylic oxidation sites excluding steroid dienone is 8. The molecule has 2 rings (SSSR count). The minimum Gasteiger partial charge on any atom is -0.345 e. The number of rotatable bonds is 10. The number of nitrogens with one attached hydrogen (secondary N) is 1. The van der Waals surface area contributed by atoms with E-state index in [1.807, 2.05) is 30.2 Å². The van der Waals surface area contributed by atoms with Crippen LogP contribution in [0.15, 0.2) is 50.0 Å². The third kappa shape index (κ3) is 12.1. The van der Waals surface area contributed by atoms with Gasteiger partial charge in [-0.1, -0.05) is 49.9 Å². The highest BCUT2D eigenvalue weighted by atomic mass is 35.5. The third-order valence-corrected chi connectivity index (χ3v) is 7.05. The van der Waals surface area contributed by atoms with Crippen LogP contribution in [0.1, 0.15) is 72.6 Å². The molecule has 180 valence electrons. The molecule has 0 unspecified atom stereocenters. The molecule has 1 fully saturated rings. The number of hydrogen-bond donors (Lipinski definition) is 1. The highest BCUT2D eigenvalue weighted by molar-refractivity contribution is 8.02. The van der Waals surface area contributed by atoms with Gasteiger partial charge < -0.3 is 10.2 Å². The van der Waals surface area contributed by atoms with Crippen molar-refractivity contribution < 1.29 is 4.79 Å². The van der Waals surface area contributed by atoms with E-state index in [9.17, 15) is 4.79 Å². The number of nitrogens with zero attached hydrogens (tertiary/aromatic N) is 2. The van der Waals surface area contributed by atoms with Crippen LogP contribution in [0.4, 0.5) is 0 Å². The van der Waals surface area contributed by atoms with E-state index in [0.717, 1.165) is 61.6 Å². The Morgan fingerprint density at radius 1 is 1.25 bits per heavy atom. The van der Waals surface area contributed by atoms with Gasteiger partial charge in [-0.15, -0.1) is 11.8 Å². The number of thioether (sulfide) groups is 1. The molecule has 2 aliphatic rings. The summed E-state index contributed by atoms with van der Waals surface area (Å²) in [6.07, 6.45) is 19.4. The van der Waals surface area contributed by atoms with Gasteiger partial charge in [0.2, 0.25) is 6.41 Å². The number of carbonyl (C=O) groups excluding carboxylic acids is 1. The van der Waals surface area contributed by atoms with Crippen molar-refractivity contribution in [3.8, 4) is 0 Å². The standard InChI is InChI=1S/C14H18ClNS.C12H24N2O/c1-10-5-7-14(15)8-6-13(10)9-16-11(2)12(3)17-4;1-2-3-4-5-8-13-12-6-9-14(11-15)10-7-12/h5-6,8-9H,7H2,1-4H3;11-13H,2-10H2,1H3/b12-11-,16-9?;. The van der Waals surface area contributed by atoms with E-state index in [0.29, 0.717) is 6.04 Å². The Kier molecular flexibility index (Phi) is 15.5. The summed E-state index contributed by atoms with van der Waals surface area (Å²) in [4.78, 5) is 18.1. The van der Waals surface area contributed by atoms with Gasteiger partial charge in [-0.05, 0) is 70.1 Å². The van der Waals surface area contributed by atoms with E-state index < -0.39 is 0 Å². The molecule has 1 aliphatic carbocycles. The molecule has 4 nitrogen and oxygen atoms in total. The lowest BCUT2D eigenvalue weighted by atomic mass is 10.1. The van der Waals surface area contributed by atoms with E-state index in [2.05, 4.69) is 43.4 Å². The number of carbonyl (C=O) groups is 1. The number of likely N-dealkylation sites (tertiary alicyclic amines) is 1. The molecule has 0 aromatic rings. The van der Waals surface area contributed by atoms with Crippen molar-refractivity contribution in [3.05, 3.63) is 45.0 Å². The fraction of sp³-hybridized carbons (Fsp3) is 0.615. The smallest absolute Gasteiger partial charge is 0.209 e. The fourth-order valence-corrected chi connectivity index (χ4v) is 3.85. The van der Waals surface area contributed by atoms with Crippen LogP contribution >= 0.6 is 23.4 Å². The topological polar surface area (TPSA) is 44.7 Å². The Bertz CT molecular complexity index is 717. The molecular weight excluding hydrogens is 438 g/mol. The lowest BCUT2D eigenvalue weighted by Crippen LogP contribution is -2.42. The fourth-order valence-electron chi connectivity index (χ4n) is 3.36. The van der Waals surface area contributed by atoms with Gasteiger partial charge in [0, 0.05) is 47.4 Å². The van der Waals surface area contributed by atoms with Crippen LogP contribution in [-0.4, -0.2) is 49.5 Å². The van der Waals surface area contributed by atoms with Crippen molar-refractivity contribution in [2.24, 2.45) is 4.99 Å². The molecule has 1 N–H and O–H groups in total. The molecule has 1 saturated heterocycles.